The Hall–Kier alpha value is -4.09. The van der Waals surface area contributed by atoms with Gasteiger partial charge in [0.1, 0.15) is 0 Å². The summed E-state index contributed by atoms with van der Waals surface area (Å²) in [4.78, 5) is 13.0. The Labute approximate surface area is 203 Å². The number of halogens is 1. The molecule has 5 nitrogen and oxygen atoms in total. The number of hydrogen-bond acceptors (Lipinski definition) is 3. The number of carbonyl (C=O) groups excluding carboxylic acids is 1. The second kappa shape index (κ2) is 9.81. The maximum atomic E-state index is 13.0. The summed E-state index contributed by atoms with van der Waals surface area (Å²) in [6.07, 6.45) is 0. The van der Waals surface area contributed by atoms with E-state index >= 15 is 0 Å². The van der Waals surface area contributed by atoms with E-state index in [1.807, 2.05) is 72.8 Å². The molecule has 1 atom stereocenters. The van der Waals surface area contributed by atoms with Crippen molar-refractivity contribution in [2.75, 3.05) is 17.2 Å². The minimum absolute atomic E-state index is 0.0231. The maximum absolute atomic E-state index is 13.0. The maximum Gasteiger partial charge on any atom is 0.342 e. The average Bonchev–Trinajstić information content (AvgIpc) is 3.33. The molecular formula is C28H23ClN4O. The number of amides is 2. The topological polar surface area (TPSA) is 56.7 Å². The zero-order valence-electron chi connectivity index (χ0n) is 18.4. The van der Waals surface area contributed by atoms with Crippen LogP contribution in [0.5, 0.6) is 0 Å². The van der Waals surface area contributed by atoms with Gasteiger partial charge in [-0.2, -0.15) is 5.10 Å². The third-order valence-electron chi connectivity index (χ3n) is 5.69. The lowest BCUT2D eigenvalue weighted by molar-refractivity contribution is 0.218. The summed E-state index contributed by atoms with van der Waals surface area (Å²) >= 11 is 5.96. The standard InChI is InChI=1S/C28H23ClN4O/c29-22-13-17-25(18-14-22)31-28(34)33-19-26(20-7-3-1-4-8-20)27(32-33)21-11-15-24(16-12-21)30-23-9-5-2-6-10-23/h1-18,26,30H,19H2,(H,31,34). The normalized spacial score (nSPS) is 15.0. The van der Waals surface area contributed by atoms with E-state index in [4.69, 9.17) is 16.7 Å². The van der Waals surface area contributed by atoms with Gasteiger partial charge in [0.05, 0.1) is 12.3 Å². The van der Waals surface area contributed by atoms with Crippen LogP contribution in [0.2, 0.25) is 5.02 Å². The van der Waals surface area contributed by atoms with Crippen molar-refractivity contribution in [3.63, 3.8) is 0 Å². The first-order valence-corrected chi connectivity index (χ1v) is 11.4. The molecule has 1 aliphatic rings. The van der Waals surface area contributed by atoms with Crippen LogP contribution in [-0.4, -0.2) is 23.3 Å². The average molecular weight is 467 g/mol. The third kappa shape index (κ3) is 4.95. The first kappa shape index (κ1) is 21.7. The SMILES string of the molecule is O=C(Nc1ccc(Cl)cc1)N1CC(c2ccccc2)C(c2ccc(Nc3ccccc3)cc2)=N1. The number of nitrogens with zero attached hydrogens (tertiary/aromatic N) is 2. The number of rotatable bonds is 5. The zero-order valence-corrected chi connectivity index (χ0v) is 19.1. The van der Waals surface area contributed by atoms with Crippen molar-refractivity contribution in [3.8, 4) is 0 Å². The van der Waals surface area contributed by atoms with Gasteiger partial charge in [-0.15, -0.1) is 0 Å². The van der Waals surface area contributed by atoms with Gasteiger partial charge in [0.2, 0.25) is 0 Å². The van der Waals surface area contributed by atoms with Crippen molar-refractivity contribution in [1.82, 2.24) is 5.01 Å². The number of benzene rings is 4. The molecule has 0 fully saturated rings. The highest BCUT2D eigenvalue weighted by Gasteiger charge is 2.32. The minimum Gasteiger partial charge on any atom is -0.356 e. The van der Waals surface area contributed by atoms with Gasteiger partial charge in [-0.1, -0.05) is 72.3 Å². The van der Waals surface area contributed by atoms with Gasteiger partial charge in [-0.05, 0) is 59.7 Å². The molecule has 34 heavy (non-hydrogen) atoms. The minimum atomic E-state index is -0.277. The van der Waals surface area contributed by atoms with Crippen LogP contribution < -0.4 is 10.6 Å². The Morgan fingerprint density at radius 2 is 1.35 bits per heavy atom. The zero-order chi connectivity index (χ0) is 23.3. The molecule has 4 aromatic carbocycles. The molecule has 0 aliphatic carbocycles. The van der Waals surface area contributed by atoms with Gasteiger partial charge < -0.3 is 10.6 Å². The molecule has 0 aromatic heterocycles. The first-order chi connectivity index (χ1) is 16.7. The molecule has 1 heterocycles. The van der Waals surface area contributed by atoms with Gasteiger partial charge in [0, 0.05) is 28.0 Å². The summed E-state index contributed by atoms with van der Waals surface area (Å²) in [6.45, 7) is 0.461. The second-order valence-corrected chi connectivity index (χ2v) is 8.47. The van der Waals surface area contributed by atoms with E-state index in [9.17, 15) is 4.79 Å². The summed E-state index contributed by atoms with van der Waals surface area (Å²) < 4.78 is 0. The highest BCUT2D eigenvalue weighted by atomic mass is 35.5. The van der Waals surface area contributed by atoms with Crippen molar-refractivity contribution in [1.29, 1.82) is 0 Å². The number of hydrazone groups is 1. The van der Waals surface area contributed by atoms with Crippen molar-refractivity contribution in [3.05, 3.63) is 125 Å². The van der Waals surface area contributed by atoms with Crippen LogP contribution in [0.1, 0.15) is 17.0 Å². The van der Waals surface area contributed by atoms with Crippen LogP contribution in [0.15, 0.2) is 114 Å². The Balaban J connectivity index is 1.39. The summed E-state index contributed by atoms with van der Waals surface area (Å²) in [5.74, 6) is -0.0231. The fourth-order valence-electron chi connectivity index (χ4n) is 3.97. The number of para-hydroxylation sites is 1. The molecule has 0 bridgehead atoms. The van der Waals surface area contributed by atoms with Crippen molar-refractivity contribution >= 4 is 40.4 Å². The molecule has 0 saturated heterocycles. The molecule has 0 spiro atoms. The summed E-state index contributed by atoms with van der Waals surface area (Å²) in [6, 6.07) is 35.1. The molecule has 5 rings (SSSR count). The molecular weight excluding hydrogens is 444 g/mol. The summed E-state index contributed by atoms with van der Waals surface area (Å²) in [5.41, 5.74) is 5.65. The molecule has 1 unspecified atom stereocenters. The quantitative estimate of drug-likeness (QED) is 0.329. The molecule has 0 saturated carbocycles. The highest BCUT2D eigenvalue weighted by Crippen LogP contribution is 2.30. The number of urea groups is 1. The van der Waals surface area contributed by atoms with Gasteiger partial charge in [-0.3, -0.25) is 0 Å². The summed E-state index contributed by atoms with van der Waals surface area (Å²) in [7, 11) is 0. The van der Waals surface area contributed by atoms with E-state index in [1.54, 1.807) is 24.3 Å². The predicted molar refractivity (Wildman–Crippen MR) is 139 cm³/mol. The Bertz CT molecular complexity index is 1290. The smallest absolute Gasteiger partial charge is 0.342 e. The largest absolute Gasteiger partial charge is 0.356 e. The molecule has 4 aromatic rings. The Morgan fingerprint density at radius 3 is 2.03 bits per heavy atom. The summed E-state index contributed by atoms with van der Waals surface area (Å²) in [5, 5.41) is 13.2. The lowest BCUT2D eigenvalue weighted by Gasteiger charge is -2.16. The molecule has 0 radical (unpaired) electrons. The van der Waals surface area contributed by atoms with E-state index in [0.717, 1.165) is 28.2 Å². The van der Waals surface area contributed by atoms with Crippen LogP contribution >= 0.6 is 11.6 Å². The van der Waals surface area contributed by atoms with Crippen LogP contribution in [-0.2, 0) is 0 Å². The van der Waals surface area contributed by atoms with E-state index < -0.39 is 0 Å². The fraction of sp³-hybridized carbons (Fsp3) is 0.0714. The van der Waals surface area contributed by atoms with Crippen molar-refractivity contribution in [2.45, 2.75) is 5.92 Å². The van der Waals surface area contributed by atoms with E-state index in [1.165, 1.54) is 5.01 Å². The predicted octanol–water partition coefficient (Wildman–Crippen LogP) is 7.12. The van der Waals surface area contributed by atoms with Crippen LogP contribution in [0.4, 0.5) is 21.9 Å². The van der Waals surface area contributed by atoms with E-state index in [0.29, 0.717) is 17.3 Å². The molecule has 1 aliphatic heterocycles. The lowest BCUT2D eigenvalue weighted by atomic mass is 9.90. The number of carbonyl (C=O) groups is 1. The first-order valence-electron chi connectivity index (χ1n) is 11.1. The van der Waals surface area contributed by atoms with Gasteiger partial charge in [0.15, 0.2) is 0 Å². The highest BCUT2D eigenvalue weighted by molar-refractivity contribution is 6.30. The van der Waals surface area contributed by atoms with Gasteiger partial charge in [-0.25, -0.2) is 9.80 Å². The van der Waals surface area contributed by atoms with Gasteiger partial charge in [0.25, 0.3) is 0 Å². The van der Waals surface area contributed by atoms with Crippen molar-refractivity contribution < 1.29 is 4.79 Å². The van der Waals surface area contributed by atoms with Crippen molar-refractivity contribution in [2.24, 2.45) is 5.10 Å². The Kier molecular flexibility index (Phi) is 6.27. The molecule has 6 heteroatoms. The molecule has 2 amide bonds. The number of anilines is 3. The third-order valence-corrected chi connectivity index (χ3v) is 5.94. The number of nitrogens with one attached hydrogen (secondary N) is 2. The number of hydrogen-bond donors (Lipinski definition) is 2. The molecule has 2 N–H and O–H groups in total. The fourth-order valence-corrected chi connectivity index (χ4v) is 4.10. The van der Waals surface area contributed by atoms with Crippen LogP contribution in [0.3, 0.4) is 0 Å². The van der Waals surface area contributed by atoms with Crippen LogP contribution in [0.25, 0.3) is 0 Å². The van der Waals surface area contributed by atoms with E-state index in [-0.39, 0.29) is 11.9 Å². The second-order valence-electron chi connectivity index (χ2n) is 8.04. The van der Waals surface area contributed by atoms with Crippen LogP contribution in [0, 0.1) is 0 Å². The monoisotopic (exact) mass is 466 g/mol. The lowest BCUT2D eigenvalue weighted by Crippen LogP contribution is -2.30. The van der Waals surface area contributed by atoms with E-state index in [2.05, 4.69) is 22.8 Å². The molecule has 168 valence electrons. The van der Waals surface area contributed by atoms with Gasteiger partial charge >= 0.3 is 6.03 Å². The Morgan fingerprint density at radius 1 is 0.765 bits per heavy atom.